The molecule has 1 aliphatic rings. The van der Waals surface area contributed by atoms with Crippen LogP contribution in [-0.4, -0.2) is 49.1 Å². The van der Waals surface area contributed by atoms with Gasteiger partial charge in [0.25, 0.3) is 0 Å². The van der Waals surface area contributed by atoms with Crippen LogP contribution in [0.15, 0.2) is 24.3 Å². The minimum absolute atomic E-state index is 0.0464. The third kappa shape index (κ3) is 4.02. The van der Waals surface area contributed by atoms with Gasteiger partial charge in [0.15, 0.2) is 0 Å². The quantitative estimate of drug-likeness (QED) is 0.856. The third-order valence-corrected chi connectivity index (χ3v) is 3.98. The molecule has 0 radical (unpaired) electrons. The Bertz CT molecular complexity index is 480. The molecule has 0 aliphatic carbocycles. The SMILES string of the molecule is CCNC(=O)C1CNCCN1C(C)Cc1ccccc1F. The van der Waals surface area contributed by atoms with E-state index in [-0.39, 0.29) is 23.8 Å². The van der Waals surface area contributed by atoms with Gasteiger partial charge >= 0.3 is 0 Å². The Morgan fingerprint density at radius 2 is 2.29 bits per heavy atom. The topological polar surface area (TPSA) is 44.4 Å². The minimum Gasteiger partial charge on any atom is -0.355 e. The number of carbonyl (C=O) groups excluding carboxylic acids is 1. The molecule has 5 heteroatoms. The number of benzene rings is 1. The van der Waals surface area contributed by atoms with Gasteiger partial charge in [-0.3, -0.25) is 9.69 Å². The first kappa shape index (κ1) is 15.9. The Hall–Kier alpha value is -1.46. The molecule has 1 aliphatic heterocycles. The zero-order valence-electron chi connectivity index (χ0n) is 12.7. The van der Waals surface area contributed by atoms with Gasteiger partial charge in [-0.25, -0.2) is 4.39 Å². The lowest BCUT2D eigenvalue weighted by atomic mass is 10.0. The fraction of sp³-hybridized carbons (Fsp3) is 0.562. The highest BCUT2D eigenvalue weighted by atomic mass is 19.1. The maximum absolute atomic E-state index is 13.8. The number of carbonyl (C=O) groups is 1. The van der Waals surface area contributed by atoms with Crippen molar-refractivity contribution in [3.05, 3.63) is 35.6 Å². The van der Waals surface area contributed by atoms with Gasteiger partial charge in [0.05, 0.1) is 0 Å². The van der Waals surface area contributed by atoms with Gasteiger partial charge in [0.1, 0.15) is 11.9 Å². The second kappa shape index (κ2) is 7.52. The summed E-state index contributed by atoms with van der Waals surface area (Å²) in [6.07, 6.45) is 0.614. The highest BCUT2D eigenvalue weighted by Gasteiger charge is 2.31. The molecule has 0 spiro atoms. The van der Waals surface area contributed by atoms with Crippen molar-refractivity contribution < 1.29 is 9.18 Å². The van der Waals surface area contributed by atoms with E-state index in [0.29, 0.717) is 25.1 Å². The maximum Gasteiger partial charge on any atom is 0.238 e. The van der Waals surface area contributed by atoms with Crippen molar-refractivity contribution in [2.45, 2.75) is 32.4 Å². The second-order valence-corrected chi connectivity index (χ2v) is 5.50. The molecule has 0 bridgehead atoms. The molecular weight excluding hydrogens is 269 g/mol. The normalized spacial score (nSPS) is 21.0. The third-order valence-electron chi connectivity index (χ3n) is 3.98. The van der Waals surface area contributed by atoms with Crippen LogP contribution >= 0.6 is 0 Å². The van der Waals surface area contributed by atoms with Crippen LogP contribution in [0.5, 0.6) is 0 Å². The Labute approximate surface area is 125 Å². The van der Waals surface area contributed by atoms with E-state index in [4.69, 9.17) is 0 Å². The fourth-order valence-electron chi connectivity index (χ4n) is 2.88. The van der Waals surface area contributed by atoms with Crippen molar-refractivity contribution in [3.8, 4) is 0 Å². The number of hydrogen-bond acceptors (Lipinski definition) is 3. The lowest BCUT2D eigenvalue weighted by Crippen LogP contribution is -2.60. The summed E-state index contributed by atoms with van der Waals surface area (Å²) in [5.41, 5.74) is 0.707. The van der Waals surface area contributed by atoms with E-state index >= 15 is 0 Å². The summed E-state index contributed by atoms with van der Waals surface area (Å²) in [4.78, 5) is 14.3. The van der Waals surface area contributed by atoms with E-state index in [2.05, 4.69) is 22.5 Å². The van der Waals surface area contributed by atoms with E-state index in [9.17, 15) is 9.18 Å². The Balaban J connectivity index is 2.06. The summed E-state index contributed by atoms with van der Waals surface area (Å²) in [5.74, 6) is -0.126. The smallest absolute Gasteiger partial charge is 0.238 e. The van der Waals surface area contributed by atoms with Crippen LogP contribution in [0.4, 0.5) is 4.39 Å². The average Bonchev–Trinajstić information content (AvgIpc) is 2.50. The fourth-order valence-corrected chi connectivity index (χ4v) is 2.88. The van der Waals surface area contributed by atoms with Crippen LogP contribution in [-0.2, 0) is 11.2 Å². The average molecular weight is 293 g/mol. The number of nitrogens with one attached hydrogen (secondary N) is 2. The molecule has 1 aromatic carbocycles. The van der Waals surface area contributed by atoms with Crippen LogP contribution in [0.25, 0.3) is 0 Å². The highest BCUT2D eigenvalue weighted by molar-refractivity contribution is 5.82. The van der Waals surface area contributed by atoms with Crippen LogP contribution in [0.1, 0.15) is 19.4 Å². The van der Waals surface area contributed by atoms with Crippen molar-refractivity contribution in [2.75, 3.05) is 26.2 Å². The van der Waals surface area contributed by atoms with Gasteiger partial charge in [-0.15, -0.1) is 0 Å². The van der Waals surface area contributed by atoms with Crippen molar-refractivity contribution >= 4 is 5.91 Å². The van der Waals surface area contributed by atoms with Crippen LogP contribution in [0, 0.1) is 5.82 Å². The molecule has 0 saturated carbocycles. The molecule has 4 nitrogen and oxygen atoms in total. The van der Waals surface area contributed by atoms with E-state index in [1.54, 1.807) is 6.07 Å². The molecule has 2 rings (SSSR count). The predicted molar refractivity (Wildman–Crippen MR) is 81.6 cm³/mol. The summed E-state index contributed by atoms with van der Waals surface area (Å²) in [6, 6.07) is 6.80. The van der Waals surface area contributed by atoms with Crippen LogP contribution in [0.2, 0.25) is 0 Å². The monoisotopic (exact) mass is 293 g/mol. The number of piperazine rings is 1. The van der Waals surface area contributed by atoms with Gasteiger partial charge in [-0.2, -0.15) is 0 Å². The van der Waals surface area contributed by atoms with Gasteiger partial charge in [-0.05, 0) is 31.9 Å². The number of amides is 1. The molecule has 0 aromatic heterocycles. The van der Waals surface area contributed by atoms with E-state index in [0.717, 1.165) is 13.1 Å². The van der Waals surface area contributed by atoms with E-state index in [1.165, 1.54) is 6.07 Å². The Morgan fingerprint density at radius 3 is 3.00 bits per heavy atom. The molecular formula is C16H24FN3O. The van der Waals surface area contributed by atoms with Gasteiger partial charge < -0.3 is 10.6 Å². The van der Waals surface area contributed by atoms with Crippen LogP contribution < -0.4 is 10.6 Å². The lowest BCUT2D eigenvalue weighted by Gasteiger charge is -2.39. The first-order valence-corrected chi connectivity index (χ1v) is 7.61. The molecule has 1 amide bonds. The van der Waals surface area contributed by atoms with Crippen molar-refractivity contribution in [3.63, 3.8) is 0 Å². The largest absolute Gasteiger partial charge is 0.355 e. The molecule has 2 N–H and O–H groups in total. The van der Waals surface area contributed by atoms with Gasteiger partial charge in [-0.1, -0.05) is 18.2 Å². The number of likely N-dealkylation sites (N-methyl/N-ethyl adjacent to an activating group) is 1. The zero-order valence-corrected chi connectivity index (χ0v) is 12.7. The summed E-state index contributed by atoms with van der Waals surface area (Å²) in [5, 5.41) is 6.14. The molecule has 1 saturated heterocycles. The van der Waals surface area contributed by atoms with E-state index < -0.39 is 0 Å². The maximum atomic E-state index is 13.8. The molecule has 21 heavy (non-hydrogen) atoms. The summed E-state index contributed by atoms with van der Waals surface area (Å²) in [7, 11) is 0. The first-order valence-electron chi connectivity index (χ1n) is 7.61. The van der Waals surface area contributed by atoms with Crippen molar-refractivity contribution in [1.82, 2.24) is 15.5 Å². The molecule has 1 aromatic rings. The predicted octanol–water partition coefficient (Wildman–Crippen LogP) is 1.17. The molecule has 1 heterocycles. The number of rotatable bonds is 5. The second-order valence-electron chi connectivity index (χ2n) is 5.50. The number of hydrogen-bond donors (Lipinski definition) is 2. The minimum atomic E-state index is -0.180. The number of halogens is 1. The zero-order chi connectivity index (χ0) is 15.2. The standard InChI is InChI=1S/C16H24FN3O/c1-3-19-16(21)15-11-18-8-9-20(15)12(2)10-13-6-4-5-7-14(13)17/h4-7,12,15,18H,3,8-11H2,1-2H3,(H,19,21). The van der Waals surface area contributed by atoms with Gasteiger partial charge in [0.2, 0.25) is 5.91 Å². The van der Waals surface area contributed by atoms with E-state index in [1.807, 2.05) is 19.1 Å². The summed E-state index contributed by atoms with van der Waals surface area (Å²) < 4.78 is 13.8. The first-order chi connectivity index (χ1) is 10.1. The Kier molecular flexibility index (Phi) is 5.70. The highest BCUT2D eigenvalue weighted by Crippen LogP contribution is 2.16. The molecule has 1 fully saturated rings. The Morgan fingerprint density at radius 1 is 1.52 bits per heavy atom. The summed E-state index contributed by atoms with van der Waals surface area (Å²) in [6.45, 7) is 6.92. The molecule has 2 atom stereocenters. The van der Waals surface area contributed by atoms with Crippen molar-refractivity contribution in [2.24, 2.45) is 0 Å². The molecule has 116 valence electrons. The number of nitrogens with zero attached hydrogens (tertiary/aromatic N) is 1. The van der Waals surface area contributed by atoms with Crippen LogP contribution in [0.3, 0.4) is 0 Å². The summed E-state index contributed by atoms with van der Waals surface area (Å²) >= 11 is 0. The lowest BCUT2D eigenvalue weighted by molar-refractivity contribution is -0.127. The van der Waals surface area contributed by atoms with Crippen molar-refractivity contribution in [1.29, 1.82) is 0 Å². The van der Waals surface area contributed by atoms with Gasteiger partial charge in [0, 0.05) is 32.2 Å². The molecule has 2 unspecified atom stereocenters.